The summed E-state index contributed by atoms with van der Waals surface area (Å²) in [5.74, 6) is -1.98. The number of carbonyl (C=O) groups excluding carboxylic acids is 1. The third-order valence-electron chi connectivity index (χ3n) is 3.17. The molecule has 20 heavy (non-hydrogen) atoms. The van der Waals surface area contributed by atoms with Crippen molar-refractivity contribution in [3.05, 3.63) is 29.6 Å². The standard InChI is InChI=1S/C12H13F4N3O/c13-9-2-1-7(5-8(9)12(14,15)16)19-10(20)11(17)3-4-18-6-11/h1-2,5,18H,3-4,6,17H2,(H,19,20)/t11-/m0/s1. The molecule has 0 spiro atoms. The summed E-state index contributed by atoms with van der Waals surface area (Å²) in [6.45, 7) is 0.799. The van der Waals surface area contributed by atoms with Crippen LogP contribution in [0.5, 0.6) is 0 Å². The minimum atomic E-state index is -4.82. The highest BCUT2D eigenvalue weighted by molar-refractivity contribution is 5.98. The topological polar surface area (TPSA) is 67.2 Å². The Morgan fingerprint density at radius 1 is 1.40 bits per heavy atom. The number of rotatable bonds is 2. The molecule has 1 aromatic carbocycles. The number of halogens is 4. The molecule has 110 valence electrons. The van der Waals surface area contributed by atoms with Crippen molar-refractivity contribution in [2.24, 2.45) is 5.73 Å². The van der Waals surface area contributed by atoms with Crippen LogP contribution in [0.3, 0.4) is 0 Å². The van der Waals surface area contributed by atoms with Gasteiger partial charge in [0.2, 0.25) is 5.91 Å². The first-order valence-corrected chi connectivity index (χ1v) is 5.90. The van der Waals surface area contributed by atoms with Gasteiger partial charge in [0.1, 0.15) is 11.4 Å². The van der Waals surface area contributed by atoms with Crippen molar-refractivity contribution in [3.8, 4) is 0 Å². The van der Waals surface area contributed by atoms with E-state index in [2.05, 4.69) is 10.6 Å². The predicted octanol–water partition coefficient (Wildman–Crippen LogP) is 1.47. The van der Waals surface area contributed by atoms with Crippen molar-refractivity contribution in [1.29, 1.82) is 0 Å². The van der Waals surface area contributed by atoms with Crippen LogP contribution < -0.4 is 16.4 Å². The monoisotopic (exact) mass is 291 g/mol. The van der Waals surface area contributed by atoms with Crippen molar-refractivity contribution >= 4 is 11.6 Å². The van der Waals surface area contributed by atoms with E-state index in [9.17, 15) is 22.4 Å². The van der Waals surface area contributed by atoms with Gasteiger partial charge in [-0.2, -0.15) is 13.2 Å². The molecule has 1 aromatic rings. The zero-order valence-electron chi connectivity index (χ0n) is 10.4. The summed E-state index contributed by atoms with van der Waals surface area (Å²) >= 11 is 0. The molecular formula is C12H13F4N3O. The van der Waals surface area contributed by atoms with E-state index in [0.29, 0.717) is 25.1 Å². The van der Waals surface area contributed by atoms with Crippen molar-refractivity contribution in [3.63, 3.8) is 0 Å². The first kappa shape index (κ1) is 14.7. The van der Waals surface area contributed by atoms with E-state index in [4.69, 9.17) is 5.73 Å². The van der Waals surface area contributed by atoms with Gasteiger partial charge < -0.3 is 16.4 Å². The van der Waals surface area contributed by atoms with Crippen LogP contribution in [0.1, 0.15) is 12.0 Å². The number of nitrogens with two attached hydrogens (primary N) is 1. The number of nitrogens with one attached hydrogen (secondary N) is 2. The molecule has 1 amide bonds. The Labute approximate surface area is 112 Å². The molecule has 1 saturated heterocycles. The van der Waals surface area contributed by atoms with E-state index < -0.39 is 29.0 Å². The second-order valence-electron chi connectivity index (χ2n) is 4.73. The number of carbonyl (C=O) groups is 1. The van der Waals surface area contributed by atoms with E-state index in [1.807, 2.05) is 0 Å². The van der Waals surface area contributed by atoms with Crippen molar-refractivity contribution in [2.45, 2.75) is 18.1 Å². The molecule has 4 N–H and O–H groups in total. The van der Waals surface area contributed by atoms with E-state index in [1.165, 1.54) is 0 Å². The van der Waals surface area contributed by atoms with Crippen LogP contribution in [-0.2, 0) is 11.0 Å². The Balaban J connectivity index is 2.20. The van der Waals surface area contributed by atoms with Crippen LogP contribution in [0.4, 0.5) is 23.2 Å². The number of anilines is 1. The molecule has 0 saturated carbocycles. The van der Waals surface area contributed by atoms with Gasteiger partial charge in [-0.3, -0.25) is 4.79 Å². The second kappa shape index (κ2) is 5.02. The Bertz CT molecular complexity index is 524. The summed E-state index contributed by atoms with van der Waals surface area (Å²) in [5, 5.41) is 5.19. The molecule has 0 aromatic heterocycles. The average molecular weight is 291 g/mol. The van der Waals surface area contributed by atoms with Gasteiger partial charge in [-0.05, 0) is 31.2 Å². The lowest BCUT2D eigenvalue weighted by Gasteiger charge is -2.21. The normalized spacial score (nSPS) is 22.9. The molecular weight excluding hydrogens is 278 g/mol. The first-order valence-electron chi connectivity index (χ1n) is 5.90. The van der Waals surface area contributed by atoms with Crippen LogP contribution in [0.25, 0.3) is 0 Å². The molecule has 1 aliphatic rings. The molecule has 0 aliphatic carbocycles. The Morgan fingerprint density at radius 3 is 2.65 bits per heavy atom. The van der Waals surface area contributed by atoms with Crippen LogP contribution >= 0.6 is 0 Å². The highest BCUT2D eigenvalue weighted by Gasteiger charge is 2.38. The van der Waals surface area contributed by atoms with Gasteiger partial charge in [-0.25, -0.2) is 4.39 Å². The second-order valence-corrected chi connectivity index (χ2v) is 4.73. The van der Waals surface area contributed by atoms with Gasteiger partial charge in [0, 0.05) is 12.2 Å². The summed E-state index contributed by atoms with van der Waals surface area (Å²) in [6, 6.07) is 2.28. The highest BCUT2D eigenvalue weighted by atomic mass is 19.4. The van der Waals surface area contributed by atoms with Crippen LogP contribution in [-0.4, -0.2) is 24.5 Å². The number of hydrogen-bond donors (Lipinski definition) is 3. The summed E-state index contributed by atoms with van der Waals surface area (Å²) in [7, 11) is 0. The fraction of sp³-hybridized carbons (Fsp3) is 0.417. The quantitative estimate of drug-likeness (QED) is 0.723. The molecule has 0 bridgehead atoms. The highest BCUT2D eigenvalue weighted by Crippen LogP contribution is 2.33. The molecule has 0 unspecified atom stereocenters. The van der Waals surface area contributed by atoms with Gasteiger partial charge in [-0.15, -0.1) is 0 Å². The molecule has 8 heteroatoms. The number of alkyl halides is 3. The summed E-state index contributed by atoms with van der Waals surface area (Å²) in [6.07, 6.45) is -4.44. The molecule has 1 fully saturated rings. The number of amides is 1. The fourth-order valence-corrected chi connectivity index (χ4v) is 1.98. The average Bonchev–Trinajstić information content (AvgIpc) is 2.78. The SMILES string of the molecule is N[C@@]1(C(=O)Nc2ccc(F)c(C(F)(F)F)c2)CCNC1. The van der Waals surface area contributed by atoms with E-state index in [-0.39, 0.29) is 12.2 Å². The van der Waals surface area contributed by atoms with Gasteiger partial charge in [0.25, 0.3) is 0 Å². The zero-order valence-corrected chi connectivity index (χ0v) is 10.4. The smallest absolute Gasteiger partial charge is 0.324 e. The third kappa shape index (κ3) is 2.91. The van der Waals surface area contributed by atoms with Gasteiger partial charge >= 0.3 is 6.18 Å². The molecule has 1 aliphatic heterocycles. The van der Waals surface area contributed by atoms with Crippen LogP contribution in [0.2, 0.25) is 0 Å². The van der Waals surface area contributed by atoms with E-state index >= 15 is 0 Å². The van der Waals surface area contributed by atoms with Crippen molar-refractivity contribution < 1.29 is 22.4 Å². The molecule has 2 rings (SSSR count). The van der Waals surface area contributed by atoms with Crippen LogP contribution in [0, 0.1) is 5.82 Å². The minimum Gasteiger partial charge on any atom is -0.324 e. The Hall–Kier alpha value is -1.67. The minimum absolute atomic E-state index is 0.138. The van der Waals surface area contributed by atoms with Gasteiger partial charge in [0.05, 0.1) is 5.56 Å². The lowest BCUT2D eigenvalue weighted by molar-refractivity contribution is -0.140. The van der Waals surface area contributed by atoms with Crippen LogP contribution in [0.15, 0.2) is 18.2 Å². The Morgan fingerprint density at radius 2 is 2.10 bits per heavy atom. The Kier molecular flexibility index (Phi) is 3.70. The number of benzene rings is 1. The van der Waals surface area contributed by atoms with E-state index in [0.717, 1.165) is 6.07 Å². The maximum atomic E-state index is 13.1. The fourth-order valence-electron chi connectivity index (χ4n) is 1.98. The molecule has 0 radical (unpaired) electrons. The van der Waals surface area contributed by atoms with Crippen molar-refractivity contribution in [1.82, 2.24) is 5.32 Å². The van der Waals surface area contributed by atoms with E-state index in [1.54, 1.807) is 0 Å². The largest absolute Gasteiger partial charge is 0.419 e. The van der Waals surface area contributed by atoms with Gasteiger partial charge in [-0.1, -0.05) is 0 Å². The lowest BCUT2D eigenvalue weighted by atomic mass is 9.99. The van der Waals surface area contributed by atoms with Crippen molar-refractivity contribution in [2.75, 3.05) is 18.4 Å². The molecule has 1 heterocycles. The lowest BCUT2D eigenvalue weighted by Crippen LogP contribution is -2.52. The van der Waals surface area contributed by atoms with Gasteiger partial charge in [0.15, 0.2) is 0 Å². The molecule has 1 atom stereocenters. The summed E-state index contributed by atoms with van der Waals surface area (Å²) in [5.41, 5.74) is 3.11. The third-order valence-corrected chi connectivity index (χ3v) is 3.17. The first-order chi connectivity index (χ1) is 9.22. The predicted molar refractivity (Wildman–Crippen MR) is 64.4 cm³/mol. The summed E-state index contributed by atoms with van der Waals surface area (Å²) < 4.78 is 50.8. The number of hydrogen-bond acceptors (Lipinski definition) is 3. The summed E-state index contributed by atoms with van der Waals surface area (Å²) in [4.78, 5) is 11.9. The molecule has 4 nitrogen and oxygen atoms in total. The maximum absolute atomic E-state index is 13.1. The maximum Gasteiger partial charge on any atom is 0.419 e. The zero-order chi connectivity index (χ0) is 15.0.